The van der Waals surface area contributed by atoms with Crippen LogP contribution >= 0.6 is 0 Å². The number of unbranched alkanes of at least 4 members (excludes halogenated alkanes) is 1. The molecule has 2 aromatic heterocycles. The van der Waals surface area contributed by atoms with Crippen LogP contribution in [0.15, 0.2) is 24.4 Å². The Bertz CT molecular complexity index is 1220. The number of nitrogens with zero attached hydrogens (tertiary/aromatic N) is 6. The molecule has 5 rings (SSSR count). The third kappa shape index (κ3) is 5.37. The van der Waals surface area contributed by atoms with Crippen LogP contribution in [-0.4, -0.2) is 82.9 Å². The number of fused-ring (bicyclic) bond motifs is 1. The lowest BCUT2D eigenvalue weighted by atomic mass is 9.61. The van der Waals surface area contributed by atoms with Gasteiger partial charge in [-0.2, -0.15) is 10.1 Å². The number of hydrogen-bond acceptors (Lipinski definition) is 9. The first kappa shape index (κ1) is 25.7. The zero-order chi connectivity index (χ0) is 26.0. The van der Waals surface area contributed by atoms with E-state index < -0.39 is 0 Å². The second-order valence-corrected chi connectivity index (χ2v) is 10.6. The van der Waals surface area contributed by atoms with Crippen molar-refractivity contribution < 1.29 is 14.6 Å². The molecule has 0 bridgehead atoms. The number of nitrogen functional groups attached to an aromatic ring is 1. The molecule has 200 valence electrons. The highest BCUT2D eigenvalue weighted by Gasteiger charge is 2.52. The summed E-state index contributed by atoms with van der Waals surface area (Å²) in [6.07, 6.45) is 6.76. The largest absolute Gasteiger partial charge is 0.496 e. The van der Waals surface area contributed by atoms with Crippen LogP contribution < -0.4 is 15.4 Å². The van der Waals surface area contributed by atoms with Crippen LogP contribution in [-0.2, 0) is 17.8 Å². The van der Waals surface area contributed by atoms with Crippen LogP contribution in [0, 0.1) is 5.41 Å². The van der Waals surface area contributed by atoms with Crippen molar-refractivity contribution in [3.05, 3.63) is 35.5 Å². The predicted octanol–water partition coefficient (Wildman–Crippen LogP) is 2.68. The summed E-state index contributed by atoms with van der Waals surface area (Å²) in [6, 6.07) is 6.45. The minimum Gasteiger partial charge on any atom is -0.496 e. The van der Waals surface area contributed by atoms with Gasteiger partial charge in [-0.3, -0.25) is 9.58 Å². The van der Waals surface area contributed by atoms with Crippen molar-refractivity contribution in [2.75, 3.05) is 57.6 Å². The molecule has 2 aliphatic rings. The number of ether oxygens (including phenoxy) is 2. The number of anilines is 2. The van der Waals surface area contributed by atoms with Gasteiger partial charge in [-0.15, -0.1) is 0 Å². The number of nitrogens with two attached hydrogens (primary N) is 1. The lowest BCUT2D eigenvalue weighted by Gasteiger charge is -2.58. The highest BCUT2D eigenvalue weighted by atomic mass is 16.5. The minimum atomic E-state index is 0.0332. The number of likely N-dealkylation sites (tertiary alicyclic amines) is 1. The molecular formula is C27H39N7O3. The summed E-state index contributed by atoms with van der Waals surface area (Å²) in [5, 5.41) is 14.4. The van der Waals surface area contributed by atoms with Crippen LogP contribution in [0.5, 0.6) is 5.75 Å². The van der Waals surface area contributed by atoms with E-state index in [1.165, 1.54) is 18.4 Å². The lowest BCUT2D eigenvalue weighted by molar-refractivity contribution is -0.142. The monoisotopic (exact) mass is 509 g/mol. The van der Waals surface area contributed by atoms with Crippen LogP contribution in [0.25, 0.3) is 11.0 Å². The standard InChI is InChI=1S/C27H39N7O3/c1-4-5-8-33(9-10-35)25-24-22(29-26(28)30-25)16-34(31-24)15-20-7-6-19(11-23(20)37-3)14-32-17-27(18-32)12-21(13-27)36-2/h6-7,11,16,21,35H,4-5,8-10,12-15,17-18H2,1-3H3,(H2,28,29). The molecule has 1 aromatic carbocycles. The van der Waals surface area contributed by atoms with E-state index in [-0.39, 0.29) is 12.6 Å². The van der Waals surface area contributed by atoms with Gasteiger partial charge in [-0.1, -0.05) is 25.5 Å². The van der Waals surface area contributed by atoms with Gasteiger partial charge in [0.1, 0.15) is 11.3 Å². The van der Waals surface area contributed by atoms with Crippen molar-refractivity contribution in [1.29, 1.82) is 0 Å². The highest BCUT2D eigenvalue weighted by molar-refractivity contribution is 5.86. The van der Waals surface area contributed by atoms with Gasteiger partial charge >= 0.3 is 0 Å². The quantitative estimate of drug-likeness (QED) is 0.380. The molecule has 3 aromatic rings. The highest BCUT2D eigenvalue weighted by Crippen LogP contribution is 2.49. The molecule has 1 aliphatic heterocycles. The number of rotatable bonds is 12. The smallest absolute Gasteiger partial charge is 0.222 e. The van der Waals surface area contributed by atoms with E-state index in [2.05, 4.69) is 40.0 Å². The normalized spacial score (nSPS) is 17.2. The van der Waals surface area contributed by atoms with Gasteiger partial charge in [0.2, 0.25) is 5.95 Å². The van der Waals surface area contributed by atoms with Crippen molar-refractivity contribution >= 4 is 22.8 Å². The second-order valence-electron chi connectivity index (χ2n) is 10.6. The molecule has 1 saturated heterocycles. The Hall–Kier alpha value is -2.95. The zero-order valence-corrected chi connectivity index (χ0v) is 22.2. The Morgan fingerprint density at radius 3 is 2.68 bits per heavy atom. The Balaban J connectivity index is 1.30. The number of methoxy groups -OCH3 is 2. The van der Waals surface area contributed by atoms with E-state index in [0.717, 1.165) is 50.3 Å². The van der Waals surface area contributed by atoms with Gasteiger partial charge in [0.25, 0.3) is 0 Å². The van der Waals surface area contributed by atoms with Crippen molar-refractivity contribution in [1.82, 2.24) is 24.6 Å². The fourth-order valence-electron chi connectivity index (χ4n) is 5.85. The number of aromatic nitrogens is 4. The van der Waals surface area contributed by atoms with E-state index in [4.69, 9.17) is 20.3 Å². The Morgan fingerprint density at radius 2 is 1.97 bits per heavy atom. The van der Waals surface area contributed by atoms with Gasteiger partial charge in [0.15, 0.2) is 11.3 Å². The maximum Gasteiger partial charge on any atom is 0.222 e. The summed E-state index contributed by atoms with van der Waals surface area (Å²) in [7, 11) is 3.53. The molecule has 3 heterocycles. The fourth-order valence-corrected chi connectivity index (χ4v) is 5.85. The van der Waals surface area contributed by atoms with Gasteiger partial charge < -0.3 is 25.2 Å². The maximum absolute atomic E-state index is 9.59. The number of aliphatic hydroxyl groups excluding tert-OH is 1. The summed E-state index contributed by atoms with van der Waals surface area (Å²) in [6.45, 7) is 7.18. The van der Waals surface area contributed by atoms with Crippen LogP contribution in [0.2, 0.25) is 0 Å². The lowest BCUT2D eigenvalue weighted by Crippen LogP contribution is -2.63. The third-order valence-electron chi connectivity index (χ3n) is 7.72. The molecule has 0 atom stereocenters. The number of hydrogen-bond donors (Lipinski definition) is 2. The molecule has 1 aliphatic carbocycles. The molecule has 1 spiro atoms. The van der Waals surface area contributed by atoms with Gasteiger partial charge in [0.05, 0.1) is 32.6 Å². The Kier molecular flexibility index (Phi) is 7.50. The van der Waals surface area contributed by atoms with Gasteiger partial charge in [0, 0.05) is 50.8 Å². The average molecular weight is 510 g/mol. The zero-order valence-electron chi connectivity index (χ0n) is 22.2. The first-order chi connectivity index (χ1) is 18.0. The van der Waals surface area contributed by atoms with Crippen molar-refractivity contribution in [3.63, 3.8) is 0 Å². The molecule has 2 fully saturated rings. The van der Waals surface area contributed by atoms with E-state index in [0.29, 0.717) is 41.5 Å². The maximum atomic E-state index is 9.59. The fraction of sp³-hybridized carbons (Fsp3) is 0.593. The molecule has 37 heavy (non-hydrogen) atoms. The van der Waals surface area contributed by atoms with Crippen molar-refractivity contribution in [3.8, 4) is 5.75 Å². The third-order valence-corrected chi connectivity index (χ3v) is 7.72. The molecular weight excluding hydrogens is 470 g/mol. The molecule has 0 amide bonds. The van der Waals surface area contributed by atoms with Crippen LogP contribution in [0.1, 0.15) is 43.7 Å². The van der Waals surface area contributed by atoms with Crippen molar-refractivity contribution in [2.45, 2.75) is 51.8 Å². The summed E-state index contributed by atoms with van der Waals surface area (Å²) in [5.41, 5.74) is 10.2. The molecule has 10 nitrogen and oxygen atoms in total. The first-order valence-electron chi connectivity index (χ1n) is 13.2. The summed E-state index contributed by atoms with van der Waals surface area (Å²) >= 11 is 0. The summed E-state index contributed by atoms with van der Waals surface area (Å²) < 4.78 is 13.1. The second kappa shape index (κ2) is 10.8. The van der Waals surface area contributed by atoms with Crippen molar-refractivity contribution in [2.24, 2.45) is 5.41 Å². The Labute approximate surface area is 218 Å². The minimum absolute atomic E-state index is 0.0332. The van der Waals surface area contributed by atoms with E-state index in [9.17, 15) is 5.11 Å². The number of benzene rings is 1. The summed E-state index contributed by atoms with van der Waals surface area (Å²) in [4.78, 5) is 13.4. The van der Waals surface area contributed by atoms with E-state index in [1.807, 2.05) is 22.9 Å². The van der Waals surface area contributed by atoms with Crippen LogP contribution in [0.3, 0.4) is 0 Å². The van der Waals surface area contributed by atoms with E-state index >= 15 is 0 Å². The molecule has 0 radical (unpaired) electrons. The van der Waals surface area contributed by atoms with Crippen LogP contribution in [0.4, 0.5) is 11.8 Å². The molecule has 1 saturated carbocycles. The topological polar surface area (TPSA) is 115 Å². The first-order valence-corrected chi connectivity index (χ1v) is 13.2. The summed E-state index contributed by atoms with van der Waals surface area (Å²) in [5.74, 6) is 1.73. The Morgan fingerprint density at radius 1 is 1.16 bits per heavy atom. The van der Waals surface area contributed by atoms with E-state index in [1.54, 1.807) is 7.11 Å². The number of aliphatic hydroxyl groups is 1. The van der Waals surface area contributed by atoms with Gasteiger partial charge in [-0.05, 0) is 30.9 Å². The molecule has 10 heteroatoms. The van der Waals surface area contributed by atoms with Gasteiger partial charge in [-0.25, -0.2) is 4.98 Å². The SMILES string of the molecule is CCCCN(CCO)c1nc(N)nc2cn(Cc3ccc(CN4CC5(CC(OC)C5)C4)cc3OC)nc12. The molecule has 3 N–H and O–H groups in total. The predicted molar refractivity (Wildman–Crippen MR) is 144 cm³/mol. The molecule has 0 unspecified atom stereocenters. The average Bonchev–Trinajstić information content (AvgIpc) is 3.24.